The van der Waals surface area contributed by atoms with Crippen LogP contribution in [0.5, 0.6) is 0 Å². The molecule has 3 rings (SSSR count). The first-order chi connectivity index (χ1) is 9.68. The van der Waals surface area contributed by atoms with E-state index < -0.39 is 0 Å². The molecule has 2 aromatic rings. The molecule has 0 saturated carbocycles. The van der Waals surface area contributed by atoms with Crippen LogP contribution in [0.2, 0.25) is 0 Å². The highest BCUT2D eigenvalue weighted by molar-refractivity contribution is 5.26. The number of hydrogen-bond donors (Lipinski definition) is 1. The largest absolute Gasteiger partial charge is 0.369 e. The molecule has 20 heavy (non-hydrogen) atoms. The predicted octanol–water partition coefficient (Wildman–Crippen LogP) is 1.76. The molecule has 2 atom stereocenters. The second kappa shape index (κ2) is 5.38. The summed E-state index contributed by atoms with van der Waals surface area (Å²) in [5.41, 5.74) is 3.13. The van der Waals surface area contributed by atoms with Crippen LogP contribution in [0, 0.1) is 13.8 Å². The Bertz CT molecular complexity index is 564. The smallest absolute Gasteiger partial charge is 0.139 e. The molecular formula is C14H20N4O2. The summed E-state index contributed by atoms with van der Waals surface area (Å²) < 4.78 is 13.2. The maximum Gasteiger partial charge on any atom is 0.139 e. The fourth-order valence-corrected chi connectivity index (χ4v) is 2.87. The second-order valence-electron chi connectivity index (χ2n) is 5.20. The van der Waals surface area contributed by atoms with Crippen molar-refractivity contribution in [2.75, 3.05) is 19.7 Å². The molecule has 0 aromatic carbocycles. The Kier molecular flexibility index (Phi) is 3.58. The van der Waals surface area contributed by atoms with Gasteiger partial charge in [0.1, 0.15) is 11.9 Å². The van der Waals surface area contributed by atoms with Crippen LogP contribution >= 0.6 is 0 Å². The van der Waals surface area contributed by atoms with E-state index >= 15 is 0 Å². The molecule has 6 nitrogen and oxygen atoms in total. The van der Waals surface area contributed by atoms with Crippen LogP contribution in [0.4, 0.5) is 0 Å². The molecule has 1 saturated heterocycles. The molecule has 108 valence electrons. The van der Waals surface area contributed by atoms with Crippen LogP contribution in [0.3, 0.4) is 0 Å². The van der Waals surface area contributed by atoms with E-state index in [2.05, 4.69) is 26.9 Å². The highest BCUT2D eigenvalue weighted by atomic mass is 16.5. The van der Waals surface area contributed by atoms with Crippen LogP contribution in [-0.2, 0) is 4.74 Å². The summed E-state index contributed by atoms with van der Waals surface area (Å²) >= 11 is 0. The minimum absolute atomic E-state index is 0.0502. The van der Waals surface area contributed by atoms with Crippen molar-refractivity contribution < 1.29 is 9.26 Å². The lowest BCUT2D eigenvalue weighted by Crippen LogP contribution is -2.34. The topological polar surface area (TPSA) is 65.1 Å². The van der Waals surface area contributed by atoms with Crippen molar-refractivity contribution in [1.82, 2.24) is 20.0 Å². The number of nitrogens with zero attached hydrogens (tertiary/aromatic N) is 3. The van der Waals surface area contributed by atoms with Gasteiger partial charge in [0.2, 0.25) is 0 Å². The molecule has 1 fully saturated rings. The van der Waals surface area contributed by atoms with E-state index in [1.807, 2.05) is 26.4 Å². The van der Waals surface area contributed by atoms with Gasteiger partial charge in [-0.2, -0.15) is 0 Å². The van der Waals surface area contributed by atoms with Gasteiger partial charge >= 0.3 is 0 Å². The second-order valence-corrected chi connectivity index (χ2v) is 5.20. The minimum atomic E-state index is 0.0502. The SMILES string of the molecule is Cc1noc(C)c1C(C)n1cncc1C1CNCCO1. The average molecular weight is 276 g/mol. The van der Waals surface area contributed by atoms with Crippen LogP contribution in [0.15, 0.2) is 17.0 Å². The van der Waals surface area contributed by atoms with E-state index in [1.165, 1.54) is 0 Å². The van der Waals surface area contributed by atoms with E-state index in [0.717, 1.165) is 42.4 Å². The molecule has 2 unspecified atom stereocenters. The van der Waals surface area contributed by atoms with Gasteiger partial charge in [0.25, 0.3) is 0 Å². The van der Waals surface area contributed by atoms with E-state index in [0.29, 0.717) is 0 Å². The van der Waals surface area contributed by atoms with Crippen molar-refractivity contribution in [3.8, 4) is 0 Å². The first-order valence-electron chi connectivity index (χ1n) is 6.95. The Balaban J connectivity index is 1.92. The van der Waals surface area contributed by atoms with Crippen molar-refractivity contribution in [1.29, 1.82) is 0 Å². The standard InChI is InChI=1S/C14H20N4O2/c1-9-14(11(3)20-17-9)10(2)18-8-16-6-12(18)13-7-15-4-5-19-13/h6,8,10,13,15H,4-5,7H2,1-3H3. The first-order valence-corrected chi connectivity index (χ1v) is 6.95. The summed E-state index contributed by atoms with van der Waals surface area (Å²) in [5.74, 6) is 0.859. The van der Waals surface area contributed by atoms with Gasteiger partial charge in [-0.05, 0) is 20.8 Å². The van der Waals surface area contributed by atoms with Gasteiger partial charge in [0, 0.05) is 18.7 Å². The molecule has 0 amide bonds. The Morgan fingerprint density at radius 3 is 2.95 bits per heavy atom. The molecule has 3 heterocycles. The Morgan fingerprint density at radius 2 is 2.30 bits per heavy atom. The molecule has 0 spiro atoms. The van der Waals surface area contributed by atoms with E-state index in [-0.39, 0.29) is 12.1 Å². The molecule has 2 aromatic heterocycles. The van der Waals surface area contributed by atoms with Crippen LogP contribution in [0.25, 0.3) is 0 Å². The van der Waals surface area contributed by atoms with E-state index in [9.17, 15) is 0 Å². The monoisotopic (exact) mass is 276 g/mol. The van der Waals surface area contributed by atoms with Crippen LogP contribution in [0.1, 0.15) is 41.8 Å². The molecule has 6 heteroatoms. The molecule has 1 N–H and O–H groups in total. The molecule has 1 aliphatic rings. The summed E-state index contributed by atoms with van der Waals surface area (Å²) in [7, 11) is 0. The van der Waals surface area contributed by atoms with Crippen molar-refractivity contribution in [3.63, 3.8) is 0 Å². The lowest BCUT2D eigenvalue weighted by atomic mass is 10.1. The Morgan fingerprint density at radius 1 is 1.45 bits per heavy atom. The molecule has 0 aliphatic carbocycles. The zero-order valence-corrected chi connectivity index (χ0v) is 12.1. The van der Waals surface area contributed by atoms with Crippen LogP contribution in [-0.4, -0.2) is 34.4 Å². The average Bonchev–Trinajstić information content (AvgIpc) is 3.07. The summed E-state index contributed by atoms with van der Waals surface area (Å²) in [6.07, 6.45) is 3.78. The van der Waals surface area contributed by atoms with Gasteiger partial charge in [-0.1, -0.05) is 5.16 Å². The number of imidazole rings is 1. The highest BCUT2D eigenvalue weighted by Crippen LogP contribution is 2.29. The minimum Gasteiger partial charge on any atom is -0.369 e. The summed E-state index contributed by atoms with van der Waals surface area (Å²) in [5, 5.41) is 7.39. The fourth-order valence-electron chi connectivity index (χ4n) is 2.87. The van der Waals surface area contributed by atoms with Gasteiger partial charge in [0.15, 0.2) is 0 Å². The van der Waals surface area contributed by atoms with E-state index in [4.69, 9.17) is 9.26 Å². The number of ether oxygens (including phenoxy) is 1. The van der Waals surface area contributed by atoms with Crippen molar-refractivity contribution in [2.24, 2.45) is 0 Å². The number of aryl methyl sites for hydroxylation is 2. The van der Waals surface area contributed by atoms with Gasteiger partial charge in [-0.15, -0.1) is 0 Å². The first kappa shape index (κ1) is 13.3. The number of rotatable bonds is 3. The van der Waals surface area contributed by atoms with Gasteiger partial charge in [0.05, 0.1) is 36.6 Å². The highest BCUT2D eigenvalue weighted by Gasteiger charge is 2.24. The Hall–Kier alpha value is -1.66. The molecule has 0 bridgehead atoms. The number of morpholine rings is 1. The lowest BCUT2D eigenvalue weighted by Gasteiger charge is -2.26. The predicted molar refractivity (Wildman–Crippen MR) is 73.6 cm³/mol. The molecule has 0 radical (unpaired) electrons. The van der Waals surface area contributed by atoms with Crippen molar-refractivity contribution >= 4 is 0 Å². The van der Waals surface area contributed by atoms with Gasteiger partial charge in [-0.3, -0.25) is 0 Å². The van der Waals surface area contributed by atoms with Crippen molar-refractivity contribution in [2.45, 2.75) is 32.9 Å². The summed E-state index contributed by atoms with van der Waals surface area (Å²) in [6.45, 7) is 8.51. The third-order valence-corrected chi connectivity index (χ3v) is 3.88. The summed E-state index contributed by atoms with van der Waals surface area (Å²) in [4.78, 5) is 4.29. The van der Waals surface area contributed by atoms with E-state index in [1.54, 1.807) is 0 Å². The normalized spacial score (nSPS) is 21.1. The number of hydrogen-bond acceptors (Lipinski definition) is 5. The zero-order valence-electron chi connectivity index (χ0n) is 12.1. The zero-order chi connectivity index (χ0) is 14.1. The maximum atomic E-state index is 5.83. The van der Waals surface area contributed by atoms with Gasteiger partial charge in [-0.25, -0.2) is 4.98 Å². The Labute approximate surface area is 118 Å². The lowest BCUT2D eigenvalue weighted by molar-refractivity contribution is 0.0224. The van der Waals surface area contributed by atoms with Gasteiger partial charge < -0.3 is 19.1 Å². The maximum absolute atomic E-state index is 5.83. The fraction of sp³-hybridized carbons (Fsp3) is 0.571. The molecular weight excluding hydrogens is 256 g/mol. The third-order valence-electron chi connectivity index (χ3n) is 3.88. The third kappa shape index (κ3) is 2.25. The number of aromatic nitrogens is 3. The summed E-state index contributed by atoms with van der Waals surface area (Å²) in [6, 6.07) is 0.129. The molecule has 1 aliphatic heterocycles. The van der Waals surface area contributed by atoms with Crippen LogP contribution < -0.4 is 5.32 Å². The quantitative estimate of drug-likeness (QED) is 0.925. The number of nitrogens with one attached hydrogen (secondary N) is 1. The van der Waals surface area contributed by atoms with Crippen molar-refractivity contribution in [3.05, 3.63) is 35.2 Å².